The van der Waals surface area contributed by atoms with E-state index in [2.05, 4.69) is 43.5 Å². The van der Waals surface area contributed by atoms with Gasteiger partial charge in [-0.05, 0) is 98.8 Å². The third-order valence-corrected chi connectivity index (χ3v) is 8.91. The van der Waals surface area contributed by atoms with Crippen molar-refractivity contribution >= 4 is 23.2 Å². The van der Waals surface area contributed by atoms with Crippen molar-refractivity contribution in [2.24, 2.45) is 0 Å². The van der Waals surface area contributed by atoms with E-state index in [9.17, 15) is 14.7 Å². The van der Waals surface area contributed by atoms with Gasteiger partial charge in [0.2, 0.25) is 5.91 Å². The van der Waals surface area contributed by atoms with E-state index < -0.39 is 11.0 Å². The number of carbonyl (C=O) groups is 2. The van der Waals surface area contributed by atoms with Crippen LogP contribution in [0, 0.1) is 0 Å². The molecule has 4 aromatic carbocycles. The lowest BCUT2D eigenvalue weighted by Crippen LogP contribution is -2.55. The number of fused-ring (bicyclic) bond motifs is 1. The van der Waals surface area contributed by atoms with Crippen LogP contribution in [0.5, 0.6) is 5.75 Å². The molecule has 5 rings (SSSR count). The van der Waals surface area contributed by atoms with Crippen molar-refractivity contribution in [3.63, 3.8) is 0 Å². The molecule has 0 bridgehead atoms. The lowest BCUT2D eigenvalue weighted by atomic mass is 9.65. The molecule has 240 valence electrons. The van der Waals surface area contributed by atoms with Crippen molar-refractivity contribution in [1.29, 1.82) is 0 Å². The fraction of sp³-hybridized carbons (Fsp3) is 0.333. The molecule has 0 aromatic heterocycles. The topological polar surface area (TPSA) is 90.9 Å². The highest BCUT2D eigenvalue weighted by Gasteiger charge is 2.47. The number of rotatable bonds is 10. The lowest BCUT2D eigenvalue weighted by Gasteiger charge is -2.51. The zero-order valence-electron chi connectivity index (χ0n) is 27.7. The first kappa shape index (κ1) is 32.9. The number of nitrogens with one attached hydrogen (secondary N) is 2. The maximum atomic E-state index is 13.3. The summed E-state index contributed by atoms with van der Waals surface area (Å²) in [6.45, 7) is 13.0. The number of benzene rings is 4. The van der Waals surface area contributed by atoms with E-state index in [4.69, 9.17) is 4.74 Å². The molecule has 0 spiro atoms. The van der Waals surface area contributed by atoms with Gasteiger partial charge in [0.15, 0.2) is 0 Å². The van der Waals surface area contributed by atoms with Crippen LogP contribution in [-0.4, -0.2) is 47.8 Å². The fourth-order valence-electron chi connectivity index (χ4n) is 6.65. The molecule has 0 fully saturated rings. The first-order valence-corrected chi connectivity index (χ1v) is 15.8. The Bertz CT molecular complexity index is 1680. The van der Waals surface area contributed by atoms with E-state index in [1.165, 1.54) is 0 Å². The van der Waals surface area contributed by atoms with Gasteiger partial charge in [-0.2, -0.15) is 0 Å². The van der Waals surface area contributed by atoms with Crippen molar-refractivity contribution in [1.82, 2.24) is 5.32 Å². The van der Waals surface area contributed by atoms with E-state index in [1.807, 2.05) is 104 Å². The van der Waals surface area contributed by atoms with E-state index in [0.29, 0.717) is 30.8 Å². The largest absolute Gasteiger partial charge is 0.492 e. The van der Waals surface area contributed by atoms with Gasteiger partial charge >= 0.3 is 0 Å². The monoisotopic (exact) mass is 619 g/mol. The van der Waals surface area contributed by atoms with Gasteiger partial charge in [0.25, 0.3) is 5.91 Å². The number of carbonyl (C=O) groups excluding carboxylic acids is 2. The number of ether oxygens (including phenoxy) is 1. The van der Waals surface area contributed by atoms with Gasteiger partial charge in [-0.1, -0.05) is 61.5 Å². The normalized spacial score (nSPS) is 17.2. The molecule has 46 heavy (non-hydrogen) atoms. The average molecular weight is 620 g/mol. The molecule has 0 aliphatic carbocycles. The van der Waals surface area contributed by atoms with Crippen molar-refractivity contribution in [2.45, 2.75) is 64.5 Å². The number of hydrogen-bond acceptors (Lipinski definition) is 5. The minimum atomic E-state index is -0.450. The zero-order valence-corrected chi connectivity index (χ0v) is 27.7. The molecule has 1 aliphatic rings. The molecule has 7 heteroatoms. The molecule has 1 atom stereocenters. The van der Waals surface area contributed by atoms with Crippen LogP contribution in [0.4, 0.5) is 11.4 Å². The third kappa shape index (κ3) is 7.01. The van der Waals surface area contributed by atoms with Crippen LogP contribution in [0.3, 0.4) is 0 Å². The molecular weight excluding hydrogens is 574 g/mol. The quantitative estimate of drug-likeness (QED) is 0.164. The number of nitrogens with zero attached hydrogens (tertiary/aromatic N) is 1. The van der Waals surface area contributed by atoms with Gasteiger partial charge in [-0.3, -0.25) is 9.59 Å². The summed E-state index contributed by atoms with van der Waals surface area (Å²) in [4.78, 5) is 28.2. The van der Waals surface area contributed by atoms with Gasteiger partial charge < -0.3 is 25.4 Å². The first-order chi connectivity index (χ1) is 21.8. The summed E-state index contributed by atoms with van der Waals surface area (Å²) < 4.78 is 5.97. The Morgan fingerprint density at radius 1 is 0.891 bits per heavy atom. The Morgan fingerprint density at radius 2 is 1.54 bits per heavy atom. The highest BCUT2D eigenvalue weighted by Crippen LogP contribution is 2.51. The lowest BCUT2D eigenvalue weighted by molar-refractivity contribution is -0.117. The smallest absolute Gasteiger partial charge is 0.255 e. The maximum Gasteiger partial charge on any atom is 0.255 e. The number of aliphatic hydroxyl groups is 1. The van der Waals surface area contributed by atoms with Crippen molar-refractivity contribution in [3.8, 4) is 16.9 Å². The second-order valence-electron chi connectivity index (χ2n) is 13.6. The Balaban J connectivity index is 1.40. The second kappa shape index (κ2) is 13.1. The molecule has 1 unspecified atom stereocenters. The van der Waals surface area contributed by atoms with Gasteiger partial charge in [-0.25, -0.2) is 0 Å². The average Bonchev–Trinajstić information content (AvgIpc) is 3.03. The Morgan fingerprint density at radius 3 is 2.17 bits per heavy atom. The van der Waals surface area contributed by atoms with Gasteiger partial charge in [0.05, 0.1) is 6.61 Å². The number of anilines is 2. The summed E-state index contributed by atoms with van der Waals surface area (Å²) in [5.41, 5.74) is 5.04. The van der Waals surface area contributed by atoms with E-state index in [0.717, 1.165) is 33.7 Å². The minimum Gasteiger partial charge on any atom is -0.492 e. The van der Waals surface area contributed by atoms with Gasteiger partial charge in [0.1, 0.15) is 12.4 Å². The summed E-state index contributed by atoms with van der Waals surface area (Å²) in [7, 11) is 0. The van der Waals surface area contributed by atoms with Crippen LogP contribution in [0.15, 0.2) is 97.1 Å². The van der Waals surface area contributed by atoms with Gasteiger partial charge in [-0.15, -0.1) is 0 Å². The molecule has 3 N–H and O–H groups in total. The minimum absolute atomic E-state index is 0.0228. The summed E-state index contributed by atoms with van der Waals surface area (Å²) in [6, 6.07) is 31.6. The van der Waals surface area contributed by atoms with Crippen molar-refractivity contribution < 1.29 is 19.4 Å². The van der Waals surface area contributed by atoms with Crippen LogP contribution in [0.1, 0.15) is 69.4 Å². The van der Waals surface area contributed by atoms with E-state index in [-0.39, 0.29) is 24.0 Å². The summed E-state index contributed by atoms with van der Waals surface area (Å²) >= 11 is 0. The van der Waals surface area contributed by atoms with Crippen LogP contribution in [-0.2, 0) is 10.2 Å². The Hall–Kier alpha value is -4.46. The SMILES string of the molecule is CC(=O)N1c2ccc(NC(=O)c3ccc(-c4ccccc4)cc3)cc2C(C)(c2ccc(OCCNC(C)(C)CO)cc2)CC1(C)C. The predicted molar refractivity (Wildman–Crippen MR) is 186 cm³/mol. The molecule has 1 heterocycles. The Kier molecular flexibility index (Phi) is 9.38. The number of amides is 2. The standard InChI is InChI=1S/C39H45N3O4/c1-27(44)42-35-21-18-32(41-36(45)30-14-12-29(13-15-30)28-10-8-7-9-11-28)24-34(35)39(6,25-38(42,4)5)31-16-19-33(20-17-31)46-23-22-40-37(2,3)26-43/h7-21,24,40,43H,22-23,25-26H2,1-6H3,(H,41,45). The van der Waals surface area contributed by atoms with Crippen molar-refractivity contribution in [2.75, 3.05) is 30.0 Å². The van der Waals surface area contributed by atoms with Crippen LogP contribution in [0.25, 0.3) is 11.1 Å². The van der Waals surface area contributed by atoms with Crippen LogP contribution >= 0.6 is 0 Å². The van der Waals surface area contributed by atoms with E-state index >= 15 is 0 Å². The highest BCUT2D eigenvalue weighted by atomic mass is 16.5. The first-order valence-electron chi connectivity index (χ1n) is 15.8. The molecule has 0 saturated carbocycles. The summed E-state index contributed by atoms with van der Waals surface area (Å²) in [5, 5.41) is 15.8. The zero-order chi connectivity index (χ0) is 33.1. The molecular formula is C39H45N3O4. The molecule has 4 aromatic rings. The highest BCUT2D eigenvalue weighted by molar-refractivity contribution is 6.05. The molecule has 0 radical (unpaired) electrons. The molecule has 2 amide bonds. The number of hydrogen-bond donors (Lipinski definition) is 3. The molecule has 0 saturated heterocycles. The Labute approximate surface area is 272 Å². The summed E-state index contributed by atoms with van der Waals surface area (Å²) in [6.07, 6.45) is 0.686. The molecule has 7 nitrogen and oxygen atoms in total. The second-order valence-corrected chi connectivity index (χ2v) is 13.6. The van der Waals surface area contributed by atoms with Crippen molar-refractivity contribution in [3.05, 3.63) is 114 Å². The maximum absolute atomic E-state index is 13.3. The summed E-state index contributed by atoms with van der Waals surface area (Å²) in [5.74, 6) is 0.542. The molecule has 1 aliphatic heterocycles. The third-order valence-electron chi connectivity index (χ3n) is 8.91. The van der Waals surface area contributed by atoms with E-state index in [1.54, 1.807) is 6.92 Å². The number of aliphatic hydroxyl groups excluding tert-OH is 1. The predicted octanol–water partition coefficient (Wildman–Crippen LogP) is 7.19. The van der Waals surface area contributed by atoms with Crippen LogP contribution < -0.4 is 20.3 Å². The van der Waals surface area contributed by atoms with Crippen LogP contribution in [0.2, 0.25) is 0 Å². The van der Waals surface area contributed by atoms with Gasteiger partial charge in [0, 0.05) is 46.9 Å². The fourth-order valence-corrected chi connectivity index (χ4v) is 6.65.